The first kappa shape index (κ1) is 20.7. The highest BCUT2D eigenvalue weighted by molar-refractivity contribution is 6.31. The molecule has 2 unspecified atom stereocenters. The van der Waals surface area contributed by atoms with Gasteiger partial charge in [-0.1, -0.05) is 66.2 Å². The summed E-state index contributed by atoms with van der Waals surface area (Å²) in [4.78, 5) is 28.4. The van der Waals surface area contributed by atoms with Crippen LogP contribution in [-0.4, -0.2) is 28.0 Å². The molecule has 0 bridgehead atoms. The van der Waals surface area contributed by atoms with Crippen molar-refractivity contribution in [1.29, 1.82) is 0 Å². The van der Waals surface area contributed by atoms with Crippen molar-refractivity contribution in [1.82, 2.24) is 10.3 Å². The fourth-order valence-corrected chi connectivity index (χ4v) is 4.07. The SMILES string of the molecule is O=C(NC(C(=O)O)C(Cc1ccccc1Cl)c1c[nH]c2ccccc12)c1ccccc1. The number of fused-ring (bicyclic) bond motifs is 1. The molecule has 0 aliphatic heterocycles. The highest BCUT2D eigenvalue weighted by atomic mass is 35.5. The van der Waals surface area contributed by atoms with E-state index in [1.807, 2.05) is 48.7 Å². The molecule has 3 aromatic carbocycles. The number of halogens is 1. The first-order valence-electron chi connectivity index (χ1n) is 9.92. The minimum absolute atomic E-state index is 0.355. The van der Waals surface area contributed by atoms with E-state index in [4.69, 9.17) is 11.6 Å². The van der Waals surface area contributed by atoms with E-state index >= 15 is 0 Å². The van der Waals surface area contributed by atoms with E-state index in [1.54, 1.807) is 36.4 Å². The van der Waals surface area contributed by atoms with Crippen molar-refractivity contribution in [3.05, 3.63) is 107 Å². The number of hydrogen-bond donors (Lipinski definition) is 3. The van der Waals surface area contributed by atoms with Crippen molar-refractivity contribution in [3.63, 3.8) is 0 Å². The summed E-state index contributed by atoms with van der Waals surface area (Å²) in [7, 11) is 0. The van der Waals surface area contributed by atoms with Crippen LogP contribution in [0, 0.1) is 0 Å². The van der Waals surface area contributed by atoms with Crippen molar-refractivity contribution in [2.45, 2.75) is 18.4 Å². The largest absolute Gasteiger partial charge is 0.480 e. The molecular formula is C25H21ClN2O3. The van der Waals surface area contributed by atoms with Crippen LogP contribution in [0.15, 0.2) is 85.1 Å². The molecule has 0 saturated heterocycles. The zero-order valence-electron chi connectivity index (χ0n) is 16.6. The lowest BCUT2D eigenvalue weighted by Crippen LogP contribution is -2.45. The highest BCUT2D eigenvalue weighted by Gasteiger charge is 2.33. The van der Waals surface area contributed by atoms with E-state index in [0.29, 0.717) is 17.0 Å². The Labute approximate surface area is 184 Å². The van der Waals surface area contributed by atoms with Crippen LogP contribution >= 0.6 is 11.6 Å². The Bertz CT molecular complexity index is 1220. The van der Waals surface area contributed by atoms with Crippen molar-refractivity contribution >= 4 is 34.4 Å². The van der Waals surface area contributed by atoms with Crippen molar-refractivity contribution in [2.75, 3.05) is 0 Å². The van der Waals surface area contributed by atoms with E-state index in [0.717, 1.165) is 22.0 Å². The zero-order chi connectivity index (χ0) is 21.8. The average molecular weight is 433 g/mol. The molecule has 1 heterocycles. The number of H-pyrrole nitrogens is 1. The number of carboxylic acids is 1. The van der Waals surface area contributed by atoms with Gasteiger partial charge in [-0.25, -0.2) is 4.79 Å². The van der Waals surface area contributed by atoms with Crippen LogP contribution < -0.4 is 5.32 Å². The summed E-state index contributed by atoms with van der Waals surface area (Å²) in [5, 5.41) is 14.3. The van der Waals surface area contributed by atoms with E-state index in [1.165, 1.54) is 0 Å². The summed E-state index contributed by atoms with van der Waals surface area (Å²) in [5.41, 5.74) is 2.94. The number of para-hydroxylation sites is 1. The van der Waals surface area contributed by atoms with Gasteiger partial charge >= 0.3 is 5.97 Å². The molecule has 0 fully saturated rings. The summed E-state index contributed by atoms with van der Waals surface area (Å²) in [6, 6.07) is 22.5. The first-order valence-corrected chi connectivity index (χ1v) is 10.3. The van der Waals surface area contributed by atoms with Crippen LogP contribution in [0.3, 0.4) is 0 Å². The molecule has 4 rings (SSSR count). The van der Waals surface area contributed by atoms with E-state index < -0.39 is 23.8 Å². The fourth-order valence-electron chi connectivity index (χ4n) is 3.86. The third-order valence-electron chi connectivity index (χ3n) is 5.41. The summed E-state index contributed by atoms with van der Waals surface area (Å²) in [6.07, 6.45) is 2.17. The third kappa shape index (κ3) is 4.47. The minimum atomic E-state index is -1.15. The molecule has 0 radical (unpaired) electrons. The molecule has 3 N–H and O–H groups in total. The lowest BCUT2D eigenvalue weighted by molar-refractivity contribution is -0.139. The van der Waals surface area contributed by atoms with Gasteiger partial charge in [-0.05, 0) is 41.8 Å². The Hall–Kier alpha value is -3.57. The maximum absolute atomic E-state index is 12.8. The van der Waals surface area contributed by atoms with Gasteiger partial charge in [0.05, 0.1) is 0 Å². The topological polar surface area (TPSA) is 82.2 Å². The number of aromatic amines is 1. The van der Waals surface area contributed by atoms with Crippen LogP contribution in [0.5, 0.6) is 0 Å². The molecule has 156 valence electrons. The van der Waals surface area contributed by atoms with Gasteiger partial charge in [-0.15, -0.1) is 0 Å². The summed E-state index contributed by atoms with van der Waals surface area (Å²) in [6.45, 7) is 0. The standard InChI is InChI=1S/C25H21ClN2O3/c26-21-12-6-4-10-17(21)14-19(20-15-27-22-13-7-5-11-18(20)22)23(25(30)31)28-24(29)16-8-2-1-3-9-16/h1-13,15,19,23,27H,14H2,(H,28,29)(H,30,31). The number of aromatic nitrogens is 1. The van der Waals surface area contributed by atoms with Crippen LogP contribution in [-0.2, 0) is 11.2 Å². The number of amides is 1. The summed E-state index contributed by atoms with van der Waals surface area (Å²) in [5.74, 6) is -2.08. The van der Waals surface area contributed by atoms with Crippen LogP contribution in [0.1, 0.15) is 27.4 Å². The number of carbonyl (C=O) groups is 2. The van der Waals surface area contributed by atoms with Gasteiger partial charge in [0.1, 0.15) is 6.04 Å². The smallest absolute Gasteiger partial charge is 0.326 e. The second-order valence-electron chi connectivity index (χ2n) is 7.35. The Balaban J connectivity index is 1.76. The van der Waals surface area contributed by atoms with Gasteiger partial charge in [-0.2, -0.15) is 0 Å². The maximum Gasteiger partial charge on any atom is 0.326 e. The molecule has 6 heteroatoms. The number of rotatable bonds is 7. The van der Waals surface area contributed by atoms with E-state index in [2.05, 4.69) is 10.3 Å². The second-order valence-corrected chi connectivity index (χ2v) is 7.75. The van der Waals surface area contributed by atoms with Crippen molar-refractivity contribution < 1.29 is 14.7 Å². The fraction of sp³-hybridized carbons (Fsp3) is 0.120. The number of aliphatic carboxylic acids is 1. The quantitative estimate of drug-likeness (QED) is 0.383. The predicted molar refractivity (Wildman–Crippen MR) is 122 cm³/mol. The third-order valence-corrected chi connectivity index (χ3v) is 5.78. The molecule has 5 nitrogen and oxygen atoms in total. The Morgan fingerprint density at radius 2 is 1.61 bits per heavy atom. The van der Waals surface area contributed by atoms with Crippen molar-refractivity contribution in [3.8, 4) is 0 Å². The van der Waals surface area contributed by atoms with Gasteiger partial charge in [0.2, 0.25) is 0 Å². The molecule has 0 aliphatic carbocycles. The van der Waals surface area contributed by atoms with Gasteiger partial charge in [0, 0.05) is 33.6 Å². The molecule has 0 saturated carbocycles. The molecule has 2 atom stereocenters. The number of carbonyl (C=O) groups excluding carboxylic acids is 1. The van der Waals surface area contributed by atoms with Gasteiger partial charge in [0.25, 0.3) is 5.91 Å². The zero-order valence-corrected chi connectivity index (χ0v) is 17.3. The van der Waals surface area contributed by atoms with Crippen molar-refractivity contribution in [2.24, 2.45) is 0 Å². The molecule has 31 heavy (non-hydrogen) atoms. The molecule has 1 aromatic heterocycles. The number of hydrogen-bond acceptors (Lipinski definition) is 2. The Kier molecular flexibility index (Phi) is 6.05. The average Bonchev–Trinajstić information content (AvgIpc) is 3.21. The van der Waals surface area contributed by atoms with E-state index in [-0.39, 0.29) is 0 Å². The molecule has 0 spiro atoms. The Morgan fingerprint density at radius 1 is 0.935 bits per heavy atom. The summed E-state index contributed by atoms with van der Waals surface area (Å²) >= 11 is 6.39. The van der Waals surface area contributed by atoms with Crippen LogP contribution in [0.25, 0.3) is 10.9 Å². The van der Waals surface area contributed by atoms with E-state index in [9.17, 15) is 14.7 Å². The van der Waals surface area contributed by atoms with Gasteiger partial charge in [-0.3, -0.25) is 4.79 Å². The second kappa shape index (κ2) is 9.06. The van der Waals surface area contributed by atoms with Gasteiger partial charge in [0.15, 0.2) is 0 Å². The first-order chi connectivity index (χ1) is 15.0. The predicted octanol–water partition coefficient (Wildman–Crippen LogP) is 5.03. The van der Waals surface area contributed by atoms with Gasteiger partial charge < -0.3 is 15.4 Å². The Morgan fingerprint density at radius 3 is 2.35 bits per heavy atom. The normalized spacial score (nSPS) is 12.9. The molecular weight excluding hydrogens is 412 g/mol. The summed E-state index contributed by atoms with van der Waals surface area (Å²) < 4.78 is 0. The van der Waals surface area contributed by atoms with Crippen LogP contribution in [0.4, 0.5) is 0 Å². The van der Waals surface area contributed by atoms with Crippen LogP contribution in [0.2, 0.25) is 5.02 Å². The molecule has 0 aliphatic rings. The molecule has 4 aromatic rings. The monoisotopic (exact) mass is 432 g/mol. The lowest BCUT2D eigenvalue weighted by Gasteiger charge is -2.25. The number of nitrogens with one attached hydrogen (secondary N) is 2. The minimum Gasteiger partial charge on any atom is -0.480 e. The lowest BCUT2D eigenvalue weighted by atomic mass is 9.85. The number of benzene rings is 3. The highest BCUT2D eigenvalue weighted by Crippen LogP contribution is 2.33. The maximum atomic E-state index is 12.8. The number of carboxylic acid groups (broad SMARTS) is 1. The molecule has 1 amide bonds.